The number of hydrogen-bond donors (Lipinski definition) is 4. The Morgan fingerprint density at radius 2 is 1.86 bits per heavy atom. The maximum atomic E-state index is 11.8. The molecule has 9 heteroatoms. The first kappa shape index (κ1) is 19.7. The summed E-state index contributed by atoms with van der Waals surface area (Å²) < 4.78 is 23.5. The van der Waals surface area contributed by atoms with E-state index in [1.807, 2.05) is 0 Å². The lowest BCUT2D eigenvalue weighted by atomic mass is 10.1. The maximum absolute atomic E-state index is 11.8. The lowest BCUT2D eigenvalue weighted by Crippen LogP contribution is -2.13. The fraction of sp³-hybridized carbons (Fsp3) is 0.158. The van der Waals surface area contributed by atoms with E-state index in [-0.39, 0.29) is 17.3 Å². The molecule has 0 radical (unpaired) electrons. The second-order valence-corrected chi connectivity index (χ2v) is 7.71. The molecule has 1 aromatic carbocycles. The molecule has 2 heterocycles. The number of nitrogens with two attached hydrogens (primary N) is 1. The lowest BCUT2D eigenvalue weighted by Gasteiger charge is -2.12. The summed E-state index contributed by atoms with van der Waals surface area (Å²) in [6.45, 7) is 1.66. The molecule has 0 bridgehead atoms. The minimum atomic E-state index is -3.85. The molecule has 0 fully saturated rings. The molecule has 8 nitrogen and oxygen atoms in total. The summed E-state index contributed by atoms with van der Waals surface area (Å²) in [4.78, 5) is 8.43. The number of hydrogen-bond acceptors (Lipinski definition) is 7. The molecule has 0 unspecified atom stereocenters. The molecule has 0 spiro atoms. The Labute approximate surface area is 162 Å². The molecule has 0 aliphatic rings. The van der Waals surface area contributed by atoms with E-state index in [4.69, 9.17) is 5.14 Å². The van der Waals surface area contributed by atoms with Crippen molar-refractivity contribution in [3.63, 3.8) is 0 Å². The molecule has 28 heavy (non-hydrogen) atoms. The molecular weight excluding hydrogens is 380 g/mol. The number of anilines is 1. The fourth-order valence-corrected chi connectivity index (χ4v) is 3.57. The van der Waals surface area contributed by atoms with Crippen LogP contribution in [0.2, 0.25) is 0 Å². The molecule has 3 aromatic rings. The smallest absolute Gasteiger partial charge is 0.238 e. The van der Waals surface area contributed by atoms with Gasteiger partial charge < -0.3 is 15.5 Å². The molecule has 0 aliphatic carbocycles. The first-order chi connectivity index (χ1) is 13.3. The van der Waals surface area contributed by atoms with Crippen LogP contribution in [-0.2, 0) is 23.2 Å². The molecule has 0 saturated heterocycles. The van der Waals surface area contributed by atoms with Crippen LogP contribution in [0.5, 0.6) is 5.75 Å². The quantitative estimate of drug-likeness (QED) is 0.496. The van der Waals surface area contributed by atoms with Crippen LogP contribution >= 0.6 is 0 Å². The predicted octanol–water partition coefficient (Wildman–Crippen LogP) is 1.91. The Hall–Kier alpha value is -3.01. The average Bonchev–Trinajstić information content (AvgIpc) is 2.68. The van der Waals surface area contributed by atoms with Gasteiger partial charge in [-0.2, -0.15) is 0 Å². The molecule has 0 atom stereocenters. The average molecular weight is 400 g/mol. The Bertz CT molecular complexity index is 1100. The van der Waals surface area contributed by atoms with Gasteiger partial charge in [-0.25, -0.2) is 18.5 Å². The third-order valence-electron chi connectivity index (χ3n) is 4.32. The summed E-state index contributed by atoms with van der Waals surface area (Å²) in [5.41, 5.74) is 2.60. The van der Waals surface area contributed by atoms with E-state index in [0.717, 1.165) is 0 Å². The van der Waals surface area contributed by atoms with Gasteiger partial charge in [0.1, 0.15) is 11.6 Å². The zero-order valence-corrected chi connectivity index (χ0v) is 15.9. The van der Waals surface area contributed by atoms with Crippen LogP contribution < -0.4 is 10.5 Å². The molecule has 0 amide bonds. The number of aliphatic hydroxyl groups excluding tert-OH is 1. The van der Waals surface area contributed by atoms with Crippen molar-refractivity contribution in [1.82, 2.24) is 9.97 Å². The van der Waals surface area contributed by atoms with Crippen molar-refractivity contribution in [3.8, 4) is 16.9 Å². The topological polar surface area (TPSA) is 138 Å². The number of nitrogens with zero attached hydrogens (tertiary/aromatic N) is 2. The number of primary sulfonamides is 1. The molecule has 5 N–H and O–H groups in total. The van der Waals surface area contributed by atoms with Crippen molar-refractivity contribution in [2.45, 2.75) is 25.0 Å². The highest BCUT2D eigenvalue weighted by atomic mass is 32.2. The van der Waals surface area contributed by atoms with Gasteiger partial charge in [-0.3, -0.25) is 4.98 Å². The highest BCUT2D eigenvalue weighted by Crippen LogP contribution is 2.27. The Kier molecular flexibility index (Phi) is 5.59. The van der Waals surface area contributed by atoms with Gasteiger partial charge in [0.25, 0.3) is 0 Å². The molecule has 0 aliphatic heterocycles. The number of aliphatic hydroxyl groups is 1. The van der Waals surface area contributed by atoms with Crippen molar-refractivity contribution >= 4 is 15.8 Å². The van der Waals surface area contributed by atoms with Crippen LogP contribution in [0.1, 0.15) is 16.8 Å². The fourth-order valence-electron chi connectivity index (χ4n) is 2.81. The molecule has 146 valence electrons. The van der Waals surface area contributed by atoms with Gasteiger partial charge in [-0.15, -0.1) is 0 Å². The van der Waals surface area contributed by atoms with Crippen molar-refractivity contribution in [3.05, 3.63) is 65.6 Å². The van der Waals surface area contributed by atoms with Gasteiger partial charge in [0, 0.05) is 35.6 Å². The largest absolute Gasteiger partial charge is 0.506 e. The second kappa shape index (κ2) is 7.93. The Morgan fingerprint density at radius 3 is 2.50 bits per heavy atom. The van der Waals surface area contributed by atoms with Gasteiger partial charge in [0.2, 0.25) is 10.0 Å². The maximum Gasteiger partial charge on any atom is 0.238 e. The summed E-state index contributed by atoms with van der Waals surface area (Å²) in [5, 5.41) is 27.9. The summed E-state index contributed by atoms with van der Waals surface area (Å²) in [6.07, 6.45) is 3.13. The number of pyridine rings is 2. The van der Waals surface area contributed by atoms with E-state index in [2.05, 4.69) is 15.3 Å². The van der Waals surface area contributed by atoms with Crippen molar-refractivity contribution < 1.29 is 18.6 Å². The van der Waals surface area contributed by atoms with Crippen LogP contribution in [0.3, 0.4) is 0 Å². The summed E-state index contributed by atoms with van der Waals surface area (Å²) in [5.74, 6) is 0.519. The minimum Gasteiger partial charge on any atom is -0.506 e. The van der Waals surface area contributed by atoms with E-state index in [1.165, 1.54) is 6.07 Å². The van der Waals surface area contributed by atoms with Gasteiger partial charge >= 0.3 is 0 Å². The third kappa shape index (κ3) is 4.11. The van der Waals surface area contributed by atoms with Crippen LogP contribution in [0, 0.1) is 6.92 Å². The summed E-state index contributed by atoms with van der Waals surface area (Å²) in [6, 6.07) is 9.88. The molecule has 2 aromatic heterocycles. The summed E-state index contributed by atoms with van der Waals surface area (Å²) >= 11 is 0. The Morgan fingerprint density at radius 1 is 1.11 bits per heavy atom. The van der Waals surface area contributed by atoms with E-state index in [1.54, 1.807) is 49.6 Å². The van der Waals surface area contributed by atoms with Crippen LogP contribution in [-0.4, -0.2) is 28.6 Å². The van der Waals surface area contributed by atoms with Crippen LogP contribution in [0.25, 0.3) is 11.1 Å². The highest BCUT2D eigenvalue weighted by Gasteiger charge is 2.15. The van der Waals surface area contributed by atoms with E-state index in [9.17, 15) is 18.6 Å². The SMILES string of the molecule is Cc1ncc(CNc2ccc(-c3ccccc3S(N)(=O)=O)cn2)c(CO)c1O. The zero-order chi connectivity index (χ0) is 20.3. The number of aromatic hydroxyl groups is 1. The number of nitrogens with one attached hydrogen (secondary N) is 1. The first-order valence-electron chi connectivity index (χ1n) is 8.40. The van der Waals surface area contributed by atoms with Gasteiger partial charge in [0.05, 0.1) is 17.2 Å². The molecule has 0 saturated carbocycles. The number of benzene rings is 1. The van der Waals surface area contributed by atoms with E-state index < -0.39 is 10.0 Å². The van der Waals surface area contributed by atoms with E-state index >= 15 is 0 Å². The summed E-state index contributed by atoms with van der Waals surface area (Å²) in [7, 11) is -3.85. The van der Waals surface area contributed by atoms with Crippen LogP contribution in [0.4, 0.5) is 5.82 Å². The highest BCUT2D eigenvalue weighted by molar-refractivity contribution is 7.89. The molecule has 3 rings (SSSR count). The number of aromatic nitrogens is 2. The van der Waals surface area contributed by atoms with Gasteiger partial charge in [-0.05, 0) is 30.7 Å². The lowest BCUT2D eigenvalue weighted by molar-refractivity contribution is 0.273. The number of aryl methyl sites for hydroxylation is 1. The van der Waals surface area contributed by atoms with Crippen molar-refractivity contribution in [1.29, 1.82) is 0 Å². The Balaban J connectivity index is 1.81. The monoisotopic (exact) mass is 400 g/mol. The predicted molar refractivity (Wildman–Crippen MR) is 105 cm³/mol. The van der Waals surface area contributed by atoms with Crippen LogP contribution in [0.15, 0.2) is 53.7 Å². The standard InChI is InChI=1S/C19H20N4O4S/c1-12-19(25)16(11-24)14(9-21-12)10-23-18-7-6-13(8-22-18)15-4-2-3-5-17(15)28(20,26)27/h2-9,24-25H,10-11H2,1H3,(H,22,23)(H2,20,26,27). The first-order valence-corrected chi connectivity index (χ1v) is 9.95. The third-order valence-corrected chi connectivity index (χ3v) is 5.29. The number of sulfonamides is 1. The van der Waals surface area contributed by atoms with Gasteiger partial charge in [0.15, 0.2) is 0 Å². The second-order valence-electron chi connectivity index (χ2n) is 6.18. The van der Waals surface area contributed by atoms with Gasteiger partial charge in [-0.1, -0.05) is 18.2 Å². The number of rotatable bonds is 6. The normalized spacial score (nSPS) is 11.4. The zero-order valence-electron chi connectivity index (χ0n) is 15.1. The minimum absolute atomic E-state index is 0.0234. The van der Waals surface area contributed by atoms with Crippen molar-refractivity contribution in [2.24, 2.45) is 5.14 Å². The van der Waals surface area contributed by atoms with Crippen molar-refractivity contribution in [2.75, 3.05) is 5.32 Å². The molecular formula is C19H20N4O4S. The van der Waals surface area contributed by atoms with E-state index in [0.29, 0.717) is 40.3 Å².